The molecule has 0 spiro atoms. The van der Waals surface area contributed by atoms with E-state index < -0.39 is 4.75 Å². The van der Waals surface area contributed by atoms with Crippen LogP contribution >= 0.6 is 11.8 Å². The molecule has 1 aromatic rings. The van der Waals surface area contributed by atoms with Gasteiger partial charge in [0.25, 0.3) is 5.91 Å². The van der Waals surface area contributed by atoms with Crippen LogP contribution in [0.5, 0.6) is 5.75 Å². The topological polar surface area (TPSA) is 112 Å². The number of benzene rings is 1. The van der Waals surface area contributed by atoms with Crippen molar-refractivity contribution in [3.8, 4) is 5.75 Å². The number of amides is 1. The first-order chi connectivity index (χ1) is 13.3. The van der Waals surface area contributed by atoms with E-state index in [-0.39, 0.29) is 17.7 Å². The van der Waals surface area contributed by atoms with Gasteiger partial charge in [0.2, 0.25) is 5.96 Å². The number of hydrogen-bond acceptors (Lipinski definition) is 4. The van der Waals surface area contributed by atoms with E-state index in [1.807, 2.05) is 27.7 Å². The van der Waals surface area contributed by atoms with Crippen molar-refractivity contribution in [1.29, 1.82) is 0 Å². The maximum atomic E-state index is 12.4. The molecule has 0 aliphatic carbocycles. The van der Waals surface area contributed by atoms with Gasteiger partial charge in [-0.05, 0) is 56.7 Å². The second kappa shape index (κ2) is 14.0. The average Bonchev–Trinajstić information content (AvgIpc) is 2.69. The molecule has 0 saturated carbocycles. The predicted octanol–water partition coefficient (Wildman–Crippen LogP) is 3.21. The summed E-state index contributed by atoms with van der Waals surface area (Å²) < 4.78 is 9.42. The molecule has 0 fully saturated rings. The fraction of sp³-hybridized carbons (Fsp3) is 0.550. The molecular weight excluding hydrogens is 376 g/mol. The highest BCUT2D eigenvalue weighted by atomic mass is 32.2. The van der Waals surface area contributed by atoms with E-state index in [0.717, 1.165) is 25.2 Å². The Kier molecular flexibility index (Phi) is 13.0. The molecule has 1 aromatic carbocycles. The lowest BCUT2D eigenvalue weighted by atomic mass is 10.2. The second-order valence-corrected chi connectivity index (χ2v) is 7.78. The number of thioether (sulfide) groups is 1. The fourth-order valence-corrected chi connectivity index (χ4v) is 2.98. The molecule has 0 aliphatic rings. The van der Waals surface area contributed by atoms with Crippen LogP contribution in [0.4, 0.5) is 0 Å². The maximum absolute atomic E-state index is 12.4. The van der Waals surface area contributed by atoms with Gasteiger partial charge in [0, 0.05) is 19.3 Å². The summed E-state index contributed by atoms with van der Waals surface area (Å²) in [6.07, 6.45) is 1.93. The molecule has 0 aromatic heterocycles. The van der Waals surface area contributed by atoms with E-state index in [1.165, 1.54) is 11.8 Å². The molecule has 1 amide bonds. The minimum atomic E-state index is -0.678. The van der Waals surface area contributed by atoms with Gasteiger partial charge in [-0.3, -0.25) is 4.79 Å². The van der Waals surface area contributed by atoms with E-state index in [2.05, 4.69) is 9.98 Å². The average molecular weight is 411 g/mol. The zero-order chi connectivity index (χ0) is 21.6. The van der Waals surface area contributed by atoms with Gasteiger partial charge in [0.15, 0.2) is 0 Å². The van der Waals surface area contributed by atoms with E-state index in [1.54, 1.807) is 38.5 Å². The molecule has 1 rings (SSSR count). The number of rotatable bonds is 9. The van der Waals surface area contributed by atoms with E-state index in [4.69, 9.17) is 20.9 Å². The standard InChI is InChI=1S/C18H28N4O3S.C2H6/c1-18(2,26-12-6-5-11-24-3)16(23)22-17(20)21-15(19)13-7-9-14(25-4)10-8-13;1-2/h7-10H,5-6,11-12H2,1-4H3,(H4,19,20,21,22,23);1-2H3. The van der Waals surface area contributed by atoms with Crippen LogP contribution in [0.25, 0.3) is 0 Å². The Morgan fingerprint density at radius 1 is 1.07 bits per heavy atom. The number of nitrogens with two attached hydrogens (primary N) is 2. The summed E-state index contributed by atoms with van der Waals surface area (Å²) in [5.74, 6) is 1.25. The number of unbranched alkanes of at least 4 members (excludes halogenated alkanes) is 1. The van der Waals surface area contributed by atoms with Crippen molar-refractivity contribution >= 4 is 29.5 Å². The third-order valence-corrected chi connectivity index (χ3v) is 4.95. The first-order valence-corrected chi connectivity index (χ1v) is 10.3. The minimum absolute atomic E-state index is 0.156. The summed E-state index contributed by atoms with van der Waals surface area (Å²) in [6.45, 7) is 8.37. The van der Waals surface area contributed by atoms with Crippen LogP contribution in [0.2, 0.25) is 0 Å². The number of nitrogens with zero attached hydrogens (tertiary/aromatic N) is 2. The second-order valence-electron chi connectivity index (χ2n) is 6.06. The summed E-state index contributed by atoms with van der Waals surface area (Å²) >= 11 is 1.54. The molecule has 7 nitrogen and oxygen atoms in total. The minimum Gasteiger partial charge on any atom is -0.497 e. The molecule has 158 valence electrons. The number of hydrogen-bond donors (Lipinski definition) is 2. The molecule has 0 bridgehead atoms. The molecule has 0 radical (unpaired) electrons. The van der Waals surface area contributed by atoms with Gasteiger partial charge in [-0.15, -0.1) is 11.8 Å². The Morgan fingerprint density at radius 3 is 2.21 bits per heavy atom. The van der Waals surface area contributed by atoms with Gasteiger partial charge in [-0.1, -0.05) is 13.8 Å². The summed E-state index contributed by atoms with van der Waals surface area (Å²) in [5.41, 5.74) is 12.4. The lowest BCUT2D eigenvalue weighted by Crippen LogP contribution is -2.29. The van der Waals surface area contributed by atoms with Crippen molar-refractivity contribution in [3.63, 3.8) is 0 Å². The monoisotopic (exact) mass is 410 g/mol. The van der Waals surface area contributed by atoms with Gasteiger partial charge < -0.3 is 20.9 Å². The first kappa shape index (κ1) is 25.9. The SMILES string of the molecule is CC.COCCCCSC(C)(C)C(=O)N=C(N)/N=C(\N)c1ccc(OC)cc1. The Morgan fingerprint density at radius 2 is 1.68 bits per heavy atom. The highest BCUT2D eigenvalue weighted by molar-refractivity contribution is 8.01. The van der Waals surface area contributed by atoms with E-state index >= 15 is 0 Å². The van der Waals surface area contributed by atoms with Crippen molar-refractivity contribution in [2.75, 3.05) is 26.6 Å². The van der Waals surface area contributed by atoms with Crippen molar-refractivity contribution in [2.45, 2.75) is 45.3 Å². The van der Waals surface area contributed by atoms with Crippen LogP contribution in [-0.2, 0) is 9.53 Å². The van der Waals surface area contributed by atoms with Crippen LogP contribution in [0.15, 0.2) is 34.3 Å². The number of carbonyl (C=O) groups is 1. The third kappa shape index (κ3) is 9.75. The Balaban J connectivity index is 0.00000352. The van der Waals surface area contributed by atoms with Crippen LogP contribution in [0.1, 0.15) is 46.1 Å². The zero-order valence-electron chi connectivity index (χ0n) is 17.8. The van der Waals surface area contributed by atoms with Crippen LogP contribution < -0.4 is 16.2 Å². The van der Waals surface area contributed by atoms with Crippen LogP contribution in [0.3, 0.4) is 0 Å². The molecule has 8 heteroatoms. The maximum Gasteiger partial charge on any atom is 0.264 e. The molecular formula is C20H34N4O3S. The van der Waals surface area contributed by atoms with Gasteiger partial charge in [0.05, 0.1) is 11.9 Å². The van der Waals surface area contributed by atoms with Crippen molar-refractivity contribution in [2.24, 2.45) is 21.5 Å². The van der Waals surface area contributed by atoms with Gasteiger partial charge in [0.1, 0.15) is 11.6 Å². The van der Waals surface area contributed by atoms with E-state index in [0.29, 0.717) is 11.3 Å². The number of methoxy groups -OCH3 is 2. The highest BCUT2D eigenvalue weighted by Gasteiger charge is 2.28. The number of guanidine groups is 1. The summed E-state index contributed by atoms with van der Waals surface area (Å²) in [4.78, 5) is 20.2. The first-order valence-electron chi connectivity index (χ1n) is 9.30. The van der Waals surface area contributed by atoms with Gasteiger partial charge >= 0.3 is 0 Å². The smallest absolute Gasteiger partial charge is 0.264 e. The van der Waals surface area contributed by atoms with Gasteiger partial charge in [-0.2, -0.15) is 9.98 Å². The lowest BCUT2D eigenvalue weighted by molar-refractivity contribution is -0.119. The highest BCUT2D eigenvalue weighted by Crippen LogP contribution is 2.27. The number of amidine groups is 1. The lowest BCUT2D eigenvalue weighted by Gasteiger charge is -2.19. The van der Waals surface area contributed by atoms with Crippen LogP contribution in [0, 0.1) is 0 Å². The Bertz CT molecular complexity index is 643. The molecule has 4 N–H and O–H groups in total. The number of aliphatic imine (C=N–C) groups is 2. The number of ether oxygens (including phenoxy) is 2. The summed E-state index contributed by atoms with van der Waals surface area (Å²) in [6, 6.07) is 7.04. The molecule has 0 atom stereocenters. The van der Waals surface area contributed by atoms with Crippen LogP contribution in [-0.4, -0.2) is 49.0 Å². The Hall–Kier alpha value is -2.06. The van der Waals surface area contributed by atoms with Crippen molar-refractivity contribution < 1.29 is 14.3 Å². The molecule has 0 saturated heterocycles. The van der Waals surface area contributed by atoms with Crippen molar-refractivity contribution in [1.82, 2.24) is 0 Å². The largest absolute Gasteiger partial charge is 0.497 e. The quantitative estimate of drug-likeness (QED) is 0.367. The molecule has 0 heterocycles. The summed E-state index contributed by atoms with van der Waals surface area (Å²) in [7, 11) is 3.26. The van der Waals surface area contributed by atoms with E-state index in [9.17, 15) is 4.79 Å². The molecule has 28 heavy (non-hydrogen) atoms. The zero-order valence-corrected chi connectivity index (χ0v) is 18.6. The van der Waals surface area contributed by atoms with Crippen molar-refractivity contribution in [3.05, 3.63) is 29.8 Å². The van der Waals surface area contributed by atoms with Gasteiger partial charge in [-0.25, -0.2) is 0 Å². The Labute approximate surface area is 173 Å². The number of carbonyl (C=O) groups excluding carboxylic acids is 1. The molecule has 0 unspecified atom stereocenters. The summed E-state index contributed by atoms with van der Waals surface area (Å²) in [5, 5.41) is 0. The third-order valence-electron chi connectivity index (χ3n) is 3.56. The molecule has 0 aliphatic heterocycles. The fourth-order valence-electron chi connectivity index (χ4n) is 1.95. The predicted molar refractivity (Wildman–Crippen MR) is 119 cm³/mol. The normalized spacial score (nSPS) is 12.2.